The van der Waals surface area contributed by atoms with E-state index in [0.29, 0.717) is 23.9 Å². The Morgan fingerprint density at radius 1 is 1.24 bits per heavy atom. The Kier molecular flexibility index (Phi) is 4.94. The molecule has 33 heavy (non-hydrogen) atoms. The summed E-state index contributed by atoms with van der Waals surface area (Å²) in [5.74, 6) is 2.19. The predicted molar refractivity (Wildman–Crippen MR) is 122 cm³/mol. The molecule has 9 nitrogen and oxygen atoms in total. The fraction of sp³-hybridized carbons (Fsp3) is 0.500. The first-order chi connectivity index (χ1) is 16.0. The number of carbonyl (C=O) groups is 1. The van der Waals surface area contributed by atoms with Gasteiger partial charge in [0.15, 0.2) is 0 Å². The first kappa shape index (κ1) is 20.4. The maximum absolute atomic E-state index is 12.8. The summed E-state index contributed by atoms with van der Waals surface area (Å²) in [7, 11) is 0. The Labute approximate surface area is 192 Å². The first-order valence-corrected chi connectivity index (χ1v) is 11.7. The number of nitrogens with one attached hydrogen (secondary N) is 2. The van der Waals surface area contributed by atoms with E-state index in [0.717, 1.165) is 67.6 Å². The van der Waals surface area contributed by atoms with Crippen LogP contribution in [0.1, 0.15) is 51.0 Å². The van der Waals surface area contributed by atoms with Crippen LogP contribution in [0.5, 0.6) is 0 Å². The van der Waals surface area contributed by atoms with Crippen LogP contribution in [0.15, 0.2) is 24.5 Å². The van der Waals surface area contributed by atoms with E-state index in [1.807, 2.05) is 13.8 Å². The van der Waals surface area contributed by atoms with E-state index in [1.165, 1.54) is 5.56 Å². The Balaban J connectivity index is 1.10. The first-order valence-electron chi connectivity index (χ1n) is 11.7. The zero-order valence-electron chi connectivity index (χ0n) is 19.0. The van der Waals surface area contributed by atoms with Crippen LogP contribution in [0.3, 0.4) is 0 Å². The van der Waals surface area contributed by atoms with Gasteiger partial charge in [0.25, 0.3) is 5.91 Å². The highest BCUT2D eigenvalue weighted by molar-refractivity contribution is 5.94. The molecule has 1 amide bonds. The Bertz CT molecular complexity index is 1190. The lowest BCUT2D eigenvalue weighted by atomic mass is 10.0. The third-order valence-corrected chi connectivity index (χ3v) is 7.40. The standard InChI is InChI=1S/C24H29N7O2/c1-14-16(3-6-22(26-14)30-8-18-12-33-13-19(18)9-30)10-31-11-17(7-25-31)24(32)27-21-5-4-20-15(2)28-29-23(20)21/h3,6-7,11,18-19,21H,4-5,8-10,12-13H2,1-2H3,(H,27,32)(H,28,29)/t18-,19+,21-/m1/s1. The van der Waals surface area contributed by atoms with E-state index >= 15 is 0 Å². The van der Waals surface area contributed by atoms with Crippen molar-refractivity contribution in [3.05, 3.63) is 58.3 Å². The van der Waals surface area contributed by atoms with Crippen LogP contribution in [0.25, 0.3) is 0 Å². The summed E-state index contributed by atoms with van der Waals surface area (Å²) in [6, 6.07) is 4.19. The van der Waals surface area contributed by atoms with Gasteiger partial charge < -0.3 is 15.0 Å². The van der Waals surface area contributed by atoms with Crippen LogP contribution in [-0.2, 0) is 17.7 Å². The zero-order valence-corrected chi connectivity index (χ0v) is 19.0. The SMILES string of the molecule is Cc1nc(N2C[C@H]3COC[C@H]3C2)ccc1Cn1cc(C(=O)N[C@@H]2CCc3c2n[nH]c3C)cn1. The average Bonchev–Trinajstić information content (AvgIpc) is 3.59. The minimum absolute atomic E-state index is 0.0449. The van der Waals surface area contributed by atoms with Crippen molar-refractivity contribution in [2.24, 2.45) is 11.8 Å². The number of rotatable bonds is 5. The summed E-state index contributed by atoms with van der Waals surface area (Å²) >= 11 is 0. The third-order valence-electron chi connectivity index (χ3n) is 7.40. The van der Waals surface area contributed by atoms with Gasteiger partial charge in [-0.3, -0.25) is 14.6 Å². The highest BCUT2D eigenvalue weighted by Gasteiger charge is 2.37. The third kappa shape index (κ3) is 3.70. The van der Waals surface area contributed by atoms with E-state index in [4.69, 9.17) is 9.72 Å². The molecule has 172 valence electrons. The number of hydrogen-bond acceptors (Lipinski definition) is 6. The zero-order chi connectivity index (χ0) is 22.5. The number of anilines is 1. The number of fused-ring (bicyclic) bond motifs is 2. The number of hydrogen-bond donors (Lipinski definition) is 2. The molecule has 3 aromatic rings. The second-order valence-corrected chi connectivity index (χ2v) is 9.58. The minimum atomic E-state index is -0.117. The highest BCUT2D eigenvalue weighted by Crippen LogP contribution is 2.33. The molecule has 3 atom stereocenters. The lowest BCUT2D eigenvalue weighted by Gasteiger charge is -2.19. The number of H-pyrrole nitrogens is 1. The summed E-state index contributed by atoms with van der Waals surface area (Å²) in [6.45, 7) is 8.43. The fourth-order valence-corrected chi connectivity index (χ4v) is 5.42. The van der Waals surface area contributed by atoms with Crippen molar-refractivity contribution in [2.45, 2.75) is 39.3 Å². The molecule has 3 aromatic heterocycles. The van der Waals surface area contributed by atoms with Crippen molar-refractivity contribution in [3.63, 3.8) is 0 Å². The molecule has 0 spiro atoms. The molecule has 1 aliphatic carbocycles. The van der Waals surface area contributed by atoms with Crippen LogP contribution in [0, 0.1) is 25.7 Å². The molecule has 2 N–H and O–H groups in total. The molecule has 0 bridgehead atoms. The van der Waals surface area contributed by atoms with E-state index in [1.54, 1.807) is 17.1 Å². The summed E-state index contributed by atoms with van der Waals surface area (Å²) in [6.07, 6.45) is 5.26. The van der Waals surface area contributed by atoms with Gasteiger partial charge in [-0.1, -0.05) is 6.07 Å². The second-order valence-electron chi connectivity index (χ2n) is 9.58. The number of pyridine rings is 1. The molecular weight excluding hydrogens is 418 g/mol. The van der Waals surface area contributed by atoms with Crippen molar-refractivity contribution >= 4 is 11.7 Å². The molecule has 2 fully saturated rings. The number of amides is 1. The van der Waals surface area contributed by atoms with Crippen LogP contribution in [0.2, 0.25) is 0 Å². The largest absolute Gasteiger partial charge is 0.381 e. The van der Waals surface area contributed by atoms with Crippen LogP contribution in [-0.4, -0.2) is 57.2 Å². The van der Waals surface area contributed by atoms with Crippen LogP contribution >= 0.6 is 0 Å². The Hall–Kier alpha value is -3.20. The highest BCUT2D eigenvalue weighted by atomic mass is 16.5. The predicted octanol–water partition coefficient (Wildman–Crippen LogP) is 2.17. The average molecular weight is 448 g/mol. The monoisotopic (exact) mass is 447 g/mol. The summed E-state index contributed by atoms with van der Waals surface area (Å²) in [4.78, 5) is 20.0. The molecule has 0 aromatic carbocycles. The topological polar surface area (TPSA) is 101 Å². The van der Waals surface area contributed by atoms with Gasteiger partial charge in [-0.25, -0.2) is 4.98 Å². The number of aromatic nitrogens is 5. The molecule has 3 aliphatic rings. The van der Waals surface area contributed by atoms with Gasteiger partial charge in [0.1, 0.15) is 5.82 Å². The maximum atomic E-state index is 12.8. The van der Waals surface area contributed by atoms with Gasteiger partial charge in [0.2, 0.25) is 0 Å². The van der Waals surface area contributed by atoms with Crippen molar-refractivity contribution < 1.29 is 9.53 Å². The van der Waals surface area contributed by atoms with Crippen LogP contribution in [0.4, 0.5) is 5.82 Å². The number of carbonyl (C=O) groups excluding carboxylic acids is 1. The van der Waals surface area contributed by atoms with Gasteiger partial charge in [0, 0.05) is 42.5 Å². The van der Waals surface area contributed by atoms with E-state index in [-0.39, 0.29) is 11.9 Å². The van der Waals surface area contributed by atoms with Gasteiger partial charge in [-0.2, -0.15) is 10.2 Å². The fourth-order valence-electron chi connectivity index (χ4n) is 5.42. The quantitative estimate of drug-likeness (QED) is 0.622. The summed E-state index contributed by atoms with van der Waals surface area (Å²) in [5, 5.41) is 14.9. The van der Waals surface area contributed by atoms with Gasteiger partial charge >= 0.3 is 0 Å². The van der Waals surface area contributed by atoms with Crippen LogP contribution < -0.4 is 10.2 Å². The molecule has 5 heterocycles. The van der Waals surface area contributed by atoms with Crippen molar-refractivity contribution in [3.8, 4) is 0 Å². The summed E-state index contributed by atoms with van der Waals surface area (Å²) < 4.78 is 7.39. The van der Waals surface area contributed by atoms with Gasteiger partial charge in [0.05, 0.1) is 43.3 Å². The number of ether oxygens (including phenoxy) is 1. The normalized spacial score (nSPS) is 23.7. The molecular formula is C24H29N7O2. The van der Waals surface area contributed by atoms with E-state index in [2.05, 4.69) is 37.6 Å². The summed E-state index contributed by atoms with van der Waals surface area (Å²) in [5.41, 5.74) is 5.94. The number of aromatic amines is 1. The molecule has 0 unspecified atom stereocenters. The smallest absolute Gasteiger partial charge is 0.255 e. The van der Waals surface area contributed by atoms with Crippen molar-refractivity contribution in [1.29, 1.82) is 0 Å². The van der Waals surface area contributed by atoms with Crippen molar-refractivity contribution in [2.75, 3.05) is 31.2 Å². The minimum Gasteiger partial charge on any atom is -0.381 e. The van der Waals surface area contributed by atoms with Crippen molar-refractivity contribution in [1.82, 2.24) is 30.3 Å². The molecule has 0 radical (unpaired) electrons. The Morgan fingerprint density at radius 3 is 2.85 bits per heavy atom. The molecule has 6 rings (SSSR count). The van der Waals surface area contributed by atoms with Gasteiger partial charge in [-0.05, 0) is 43.9 Å². The van der Waals surface area contributed by atoms with E-state index in [9.17, 15) is 4.79 Å². The number of nitrogens with zero attached hydrogens (tertiary/aromatic N) is 5. The molecule has 2 saturated heterocycles. The molecule has 9 heteroatoms. The lowest BCUT2D eigenvalue weighted by Crippen LogP contribution is -2.27. The lowest BCUT2D eigenvalue weighted by molar-refractivity contribution is 0.0936. The van der Waals surface area contributed by atoms with E-state index < -0.39 is 0 Å². The molecule has 0 saturated carbocycles. The second kappa shape index (κ2) is 7.98. The number of aryl methyl sites for hydroxylation is 2. The maximum Gasteiger partial charge on any atom is 0.255 e. The van der Waals surface area contributed by atoms with Gasteiger partial charge in [-0.15, -0.1) is 0 Å². The Morgan fingerprint density at radius 2 is 2.06 bits per heavy atom. The molecule has 2 aliphatic heterocycles.